The van der Waals surface area contributed by atoms with Gasteiger partial charge in [-0.15, -0.1) is 0 Å². The maximum Gasteiger partial charge on any atom is 0.239 e. The molecular formula is C18H25ClN4O2. The SMILES string of the molecule is CC(c1ccccc1Cl)N1CCN(CC(=O)N2CCNC(=O)C2)CC1. The molecule has 2 saturated heterocycles. The Morgan fingerprint density at radius 3 is 2.60 bits per heavy atom. The lowest BCUT2D eigenvalue weighted by molar-refractivity contribution is -0.139. The van der Waals surface area contributed by atoms with Crippen molar-refractivity contribution in [3.05, 3.63) is 34.9 Å². The van der Waals surface area contributed by atoms with E-state index in [2.05, 4.69) is 28.1 Å². The van der Waals surface area contributed by atoms with E-state index in [-0.39, 0.29) is 24.4 Å². The van der Waals surface area contributed by atoms with E-state index in [1.54, 1.807) is 4.90 Å². The topological polar surface area (TPSA) is 55.9 Å². The molecule has 6 nitrogen and oxygen atoms in total. The van der Waals surface area contributed by atoms with E-state index in [1.165, 1.54) is 0 Å². The molecule has 0 spiro atoms. The Hall–Kier alpha value is -1.63. The predicted molar refractivity (Wildman–Crippen MR) is 97.5 cm³/mol. The molecule has 2 aliphatic heterocycles. The average Bonchev–Trinajstić information content (AvgIpc) is 2.62. The predicted octanol–water partition coefficient (Wildman–Crippen LogP) is 0.977. The molecule has 136 valence electrons. The zero-order valence-corrected chi connectivity index (χ0v) is 15.3. The largest absolute Gasteiger partial charge is 0.353 e. The van der Waals surface area contributed by atoms with Gasteiger partial charge in [-0.3, -0.25) is 19.4 Å². The van der Waals surface area contributed by atoms with Crippen LogP contribution in [0.3, 0.4) is 0 Å². The fourth-order valence-electron chi connectivity index (χ4n) is 3.46. The number of benzene rings is 1. The summed E-state index contributed by atoms with van der Waals surface area (Å²) in [5.74, 6) is -0.0274. The van der Waals surface area contributed by atoms with Gasteiger partial charge in [-0.05, 0) is 18.6 Å². The van der Waals surface area contributed by atoms with Crippen LogP contribution in [0, 0.1) is 0 Å². The minimum absolute atomic E-state index is 0.0439. The molecule has 0 aromatic heterocycles. The molecule has 1 unspecified atom stereocenters. The van der Waals surface area contributed by atoms with Crippen LogP contribution < -0.4 is 5.32 Å². The summed E-state index contributed by atoms with van der Waals surface area (Å²) in [7, 11) is 0. The van der Waals surface area contributed by atoms with Crippen LogP contribution in [0.4, 0.5) is 0 Å². The van der Waals surface area contributed by atoms with Crippen molar-refractivity contribution in [2.75, 3.05) is 52.4 Å². The molecular weight excluding hydrogens is 340 g/mol. The number of halogens is 1. The Labute approximate surface area is 153 Å². The molecule has 2 aliphatic rings. The summed E-state index contributed by atoms with van der Waals surface area (Å²) in [5.41, 5.74) is 1.15. The van der Waals surface area contributed by atoms with Gasteiger partial charge in [0.25, 0.3) is 0 Å². The third kappa shape index (κ3) is 4.51. The highest BCUT2D eigenvalue weighted by Crippen LogP contribution is 2.27. The van der Waals surface area contributed by atoms with Gasteiger partial charge in [0.05, 0.1) is 13.1 Å². The van der Waals surface area contributed by atoms with Crippen molar-refractivity contribution >= 4 is 23.4 Å². The summed E-state index contributed by atoms with van der Waals surface area (Å²) < 4.78 is 0. The Morgan fingerprint density at radius 2 is 1.92 bits per heavy atom. The summed E-state index contributed by atoms with van der Waals surface area (Å²) in [6, 6.07) is 8.23. The van der Waals surface area contributed by atoms with Gasteiger partial charge in [0.1, 0.15) is 0 Å². The molecule has 0 bridgehead atoms. The molecule has 2 fully saturated rings. The van der Waals surface area contributed by atoms with Gasteiger partial charge in [0.2, 0.25) is 11.8 Å². The highest BCUT2D eigenvalue weighted by Gasteiger charge is 2.27. The molecule has 1 atom stereocenters. The highest BCUT2D eigenvalue weighted by molar-refractivity contribution is 6.31. The maximum atomic E-state index is 12.4. The first-order chi connectivity index (χ1) is 12.0. The van der Waals surface area contributed by atoms with Crippen molar-refractivity contribution in [3.63, 3.8) is 0 Å². The van der Waals surface area contributed by atoms with E-state index in [0.717, 1.165) is 36.8 Å². The lowest BCUT2D eigenvalue weighted by Gasteiger charge is -2.39. The smallest absolute Gasteiger partial charge is 0.239 e. The van der Waals surface area contributed by atoms with Crippen molar-refractivity contribution in [2.24, 2.45) is 0 Å². The number of nitrogens with zero attached hydrogens (tertiary/aromatic N) is 3. The Balaban J connectivity index is 1.49. The van der Waals surface area contributed by atoms with Crippen LogP contribution in [0.15, 0.2) is 24.3 Å². The van der Waals surface area contributed by atoms with E-state index < -0.39 is 0 Å². The normalized spacial score (nSPS) is 21.0. The number of rotatable bonds is 4. The van der Waals surface area contributed by atoms with Crippen LogP contribution in [-0.4, -0.2) is 78.9 Å². The molecule has 2 amide bonds. The van der Waals surface area contributed by atoms with Crippen LogP contribution in [0.25, 0.3) is 0 Å². The van der Waals surface area contributed by atoms with Crippen molar-refractivity contribution in [1.29, 1.82) is 0 Å². The molecule has 1 aromatic carbocycles. The molecule has 0 radical (unpaired) electrons. The van der Waals surface area contributed by atoms with Gasteiger partial charge in [-0.2, -0.15) is 0 Å². The number of amides is 2. The van der Waals surface area contributed by atoms with Crippen LogP contribution in [0.5, 0.6) is 0 Å². The summed E-state index contributed by atoms with van der Waals surface area (Å²) in [6.45, 7) is 7.40. The van der Waals surface area contributed by atoms with Crippen molar-refractivity contribution in [1.82, 2.24) is 20.0 Å². The summed E-state index contributed by atoms with van der Waals surface area (Å²) >= 11 is 6.31. The first-order valence-corrected chi connectivity index (χ1v) is 9.17. The van der Waals surface area contributed by atoms with Gasteiger partial charge in [0, 0.05) is 50.3 Å². The molecule has 3 rings (SSSR count). The second-order valence-electron chi connectivity index (χ2n) is 6.67. The number of nitrogens with one attached hydrogen (secondary N) is 1. The minimum Gasteiger partial charge on any atom is -0.353 e. The third-order valence-corrected chi connectivity index (χ3v) is 5.40. The Morgan fingerprint density at radius 1 is 1.20 bits per heavy atom. The summed E-state index contributed by atoms with van der Waals surface area (Å²) in [6.07, 6.45) is 0. The fraction of sp³-hybridized carbons (Fsp3) is 0.556. The molecule has 2 heterocycles. The monoisotopic (exact) mass is 364 g/mol. The van der Waals surface area contributed by atoms with Crippen LogP contribution in [0.1, 0.15) is 18.5 Å². The molecule has 0 saturated carbocycles. The minimum atomic E-state index is -0.0713. The maximum absolute atomic E-state index is 12.4. The quantitative estimate of drug-likeness (QED) is 0.865. The molecule has 7 heteroatoms. The number of hydrogen-bond donors (Lipinski definition) is 1. The van der Waals surface area contributed by atoms with E-state index in [0.29, 0.717) is 19.6 Å². The van der Waals surface area contributed by atoms with Crippen molar-refractivity contribution in [3.8, 4) is 0 Å². The van der Waals surface area contributed by atoms with E-state index >= 15 is 0 Å². The first-order valence-electron chi connectivity index (χ1n) is 8.80. The standard InChI is InChI=1S/C18H25ClN4O2/c1-14(15-4-2-3-5-16(15)19)22-10-8-21(9-11-22)13-18(25)23-7-6-20-17(24)12-23/h2-5,14H,6-13H2,1H3,(H,20,24). The number of carbonyl (C=O) groups excluding carboxylic acids is 2. The van der Waals surface area contributed by atoms with Crippen LogP contribution in [0.2, 0.25) is 5.02 Å². The van der Waals surface area contributed by atoms with E-state index in [4.69, 9.17) is 11.6 Å². The zero-order valence-electron chi connectivity index (χ0n) is 14.6. The van der Waals surface area contributed by atoms with Crippen LogP contribution in [-0.2, 0) is 9.59 Å². The van der Waals surface area contributed by atoms with Gasteiger partial charge in [-0.25, -0.2) is 0 Å². The lowest BCUT2D eigenvalue weighted by Crippen LogP contribution is -2.54. The van der Waals surface area contributed by atoms with Crippen molar-refractivity contribution in [2.45, 2.75) is 13.0 Å². The zero-order chi connectivity index (χ0) is 17.8. The molecule has 0 aliphatic carbocycles. The van der Waals surface area contributed by atoms with Gasteiger partial charge in [-0.1, -0.05) is 29.8 Å². The van der Waals surface area contributed by atoms with Gasteiger partial charge >= 0.3 is 0 Å². The fourth-order valence-corrected chi connectivity index (χ4v) is 3.76. The Bertz CT molecular complexity index is 631. The van der Waals surface area contributed by atoms with Gasteiger partial charge in [0.15, 0.2) is 0 Å². The lowest BCUT2D eigenvalue weighted by atomic mass is 10.1. The van der Waals surface area contributed by atoms with Gasteiger partial charge < -0.3 is 10.2 Å². The number of carbonyl (C=O) groups is 2. The number of hydrogen-bond acceptors (Lipinski definition) is 4. The van der Waals surface area contributed by atoms with Crippen molar-refractivity contribution < 1.29 is 9.59 Å². The number of piperazine rings is 2. The molecule has 25 heavy (non-hydrogen) atoms. The summed E-state index contributed by atoms with van der Waals surface area (Å²) in [4.78, 5) is 30.0. The average molecular weight is 365 g/mol. The molecule has 1 N–H and O–H groups in total. The van der Waals surface area contributed by atoms with Crippen LogP contribution >= 0.6 is 11.6 Å². The first kappa shape index (κ1) is 18.2. The second kappa shape index (κ2) is 8.17. The van der Waals surface area contributed by atoms with E-state index in [9.17, 15) is 9.59 Å². The Kier molecular flexibility index (Phi) is 5.93. The summed E-state index contributed by atoms with van der Waals surface area (Å²) in [5, 5.41) is 3.55. The van der Waals surface area contributed by atoms with E-state index in [1.807, 2.05) is 18.2 Å². The second-order valence-corrected chi connectivity index (χ2v) is 7.08. The highest BCUT2D eigenvalue weighted by atomic mass is 35.5. The third-order valence-electron chi connectivity index (χ3n) is 5.06. The molecule has 1 aromatic rings.